The predicted octanol–water partition coefficient (Wildman–Crippen LogP) is 4.08. The summed E-state index contributed by atoms with van der Waals surface area (Å²) in [7, 11) is -2.21. The van der Waals surface area contributed by atoms with E-state index in [2.05, 4.69) is 5.32 Å². The summed E-state index contributed by atoms with van der Waals surface area (Å²) in [5.41, 5.74) is 1.55. The molecule has 2 aromatic rings. The maximum atomic E-state index is 13.0. The van der Waals surface area contributed by atoms with Crippen molar-refractivity contribution < 1.29 is 17.9 Å². The van der Waals surface area contributed by atoms with Crippen LogP contribution < -0.4 is 10.1 Å². The van der Waals surface area contributed by atoms with Crippen molar-refractivity contribution in [3.63, 3.8) is 0 Å². The summed E-state index contributed by atoms with van der Waals surface area (Å²) in [5.74, 6) is -0.160. The Morgan fingerprint density at radius 3 is 2.50 bits per heavy atom. The summed E-state index contributed by atoms with van der Waals surface area (Å²) >= 11 is 6.02. The van der Waals surface area contributed by atoms with Crippen molar-refractivity contribution in [3.05, 3.63) is 52.5 Å². The van der Waals surface area contributed by atoms with Crippen LogP contribution in [0, 0.1) is 6.92 Å². The molecule has 8 heteroatoms. The van der Waals surface area contributed by atoms with Crippen LogP contribution in [0.15, 0.2) is 41.3 Å². The topological polar surface area (TPSA) is 75.7 Å². The second kappa shape index (κ2) is 8.51. The molecule has 2 aromatic carbocycles. The lowest BCUT2D eigenvalue weighted by molar-refractivity contribution is 0.102. The van der Waals surface area contributed by atoms with Gasteiger partial charge in [-0.2, -0.15) is 4.31 Å². The van der Waals surface area contributed by atoms with Gasteiger partial charge in [-0.25, -0.2) is 8.42 Å². The molecule has 6 nitrogen and oxygen atoms in total. The third-order valence-corrected chi connectivity index (χ3v) is 6.95. The number of ether oxygens (including phenoxy) is 1. The molecule has 0 spiro atoms. The van der Waals surface area contributed by atoms with E-state index >= 15 is 0 Å². The van der Waals surface area contributed by atoms with Gasteiger partial charge in [0.2, 0.25) is 10.0 Å². The van der Waals surface area contributed by atoms with Gasteiger partial charge in [0, 0.05) is 23.8 Å². The highest BCUT2D eigenvalue weighted by molar-refractivity contribution is 7.89. The quantitative estimate of drug-likeness (QED) is 0.787. The minimum Gasteiger partial charge on any atom is -0.496 e. The Morgan fingerprint density at radius 2 is 1.82 bits per heavy atom. The zero-order valence-electron chi connectivity index (χ0n) is 15.9. The Bertz CT molecular complexity index is 986. The average molecular weight is 423 g/mol. The molecule has 1 amide bonds. The molecule has 1 fully saturated rings. The van der Waals surface area contributed by atoms with Crippen molar-refractivity contribution in [1.29, 1.82) is 0 Å². The third kappa shape index (κ3) is 4.32. The standard InChI is InChI=1S/C20H23ClN2O4S/c1-14-6-7-15(21)12-18(14)22-20(24)17-13-16(8-9-19(17)27-2)28(25,26)23-10-4-3-5-11-23/h6-9,12-13H,3-5,10-11H2,1-2H3,(H,22,24). The molecule has 0 aliphatic carbocycles. The number of piperidine rings is 1. The monoisotopic (exact) mass is 422 g/mol. The number of nitrogens with one attached hydrogen (secondary N) is 1. The van der Waals surface area contributed by atoms with Gasteiger partial charge in [-0.05, 0) is 55.7 Å². The lowest BCUT2D eigenvalue weighted by Crippen LogP contribution is -2.35. The second-order valence-corrected chi connectivity index (χ2v) is 9.11. The van der Waals surface area contributed by atoms with E-state index in [-0.39, 0.29) is 10.5 Å². The molecule has 0 bridgehead atoms. The van der Waals surface area contributed by atoms with Crippen molar-refractivity contribution in [2.45, 2.75) is 31.1 Å². The van der Waals surface area contributed by atoms with Crippen molar-refractivity contribution in [2.75, 3.05) is 25.5 Å². The summed E-state index contributed by atoms with van der Waals surface area (Å²) in [6.45, 7) is 2.84. The fourth-order valence-electron chi connectivity index (χ4n) is 3.20. The van der Waals surface area contributed by atoms with Gasteiger partial charge in [0.05, 0.1) is 17.6 Å². The first kappa shape index (κ1) is 20.6. The van der Waals surface area contributed by atoms with Crippen molar-refractivity contribution in [2.24, 2.45) is 0 Å². The number of amides is 1. The molecule has 0 radical (unpaired) electrons. The first-order chi connectivity index (χ1) is 13.3. The molecule has 1 aliphatic heterocycles. The van der Waals surface area contributed by atoms with Gasteiger partial charge in [-0.15, -0.1) is 0 Å². The van der Waals surface area contributed by atoms with Crippen LogP contribution in [0.1, 0.15) is 35.2 Å². The molecule has 3 rings (SSSR count). The Balaban J connectivity index is 1.94. The van der Waals surface area contributed by atoms with Crippen molar-refractivity contribution in [3.8, 4) is 5.75 Å². The number of benzene rings is 2. The second-order valence-electron chi connectivity index (χ2n) is 6.74. The van der Waals surface area contributed by atoms with E-state index in [1.807, 2.05) is 6.92 Å². The van der Waals surface area contributed by atoms with Crippen molar-refractivity contribution >= 4 is 33.2 Å². The smallest absolute Gasteiger partial charge is 0.259 e. The van der Waals surface area contributed by atoms with E-state index in [1.165, 1.54) is 29.6 Å². The zero-order valence-corrected chi connectivity index (χ0v) is 17.4. The normalized spacial score (nSPS) is 15.2. The van der Waals surface area contributed by atoms with Crippen LogP contribution >= 0.6 is 11.6 Å². The molecule has 28 heavy (non-hydrogen) atoms. The van der Waals surface area contributed by atoms with Gasteiger partial charge in [0.1, 0.15) is 5.75 Å². The Labute approximate surface area is 170 Å². The van der Waals surface area contributed by atoms with Crippen LogP contribution in [0.25, 0.3) is 0 Å². The van der Waals surface area contributed by atoms with Gasteiger partial charge >= 0.3 is 0 Å². The van der Waals surface area contributed by atoms with Gasteiger partial charge in [-0.1, -0.05) is 24.1 Å². The van der Waals surface area contributed by atoms with Crippen LogP contribution in [0.2, 0.25) is 5.02 Å². The van der Waals surface area contributed by atoms with E-state index in [0.29, 0.717) is 29.5 Å². The molecule has 1 heterocycles. The minimum atomic E-state index is -3.65. The van der Waals surface area contributed by atoms with E-state index in [0.717, 1.165) is 24.8 Å². The number of carbonyl (C=O) groups excluding carboxylic acids is 1. The van der Waals surface area contributed by atoms with Gasteiger partial charge in [0.15, 0.2) is 0 Å². The molecular formula is C20H23ClN2O4S. The maximum Gasteiger partial charge on any atom is 0.259 e. The highest BCUT2D eigenvalue weighted by Gasteiger charge is 2.27. The zero-order chi connectivity index (χ0) is 20.3. The summed E-state index contributed by atoms with van der Waals surface area (Å²) in [6, 6.07) is 9.54. The molecule has 1 saturated heterocycles. The number of carbonyl (C=O) groups is 1. The van der Waals surface area contributed by atoms with Crippen LogP contribution in [0.4, 0.5) is 5.69 Å². The van der Waals surface area contributed by atoms with Gasteiger partial charge in [0.25, 0.3) is 5.91 Å². The molecular weight excluding hydrogens is 400 g/mol. The minimum absolute atomic E-state index is 0.0863. The Hall–Kier alpha value is -2.09. The number of aryl methyl sites for hydroxylation is 1. The van der Waals surface area contributed by atoms with Gasteiger partial charge < -0.3 is 10.1 Å². The molecule has 1 N–H and O–H groups in total. The fourth-order valence-corrected chi connectivity index (χ4v) is 4.91. The maximum absolute atomic E-state index is 13.0. The number of methoxy groups -OCH3 is 1. The van der Waals surface area contributed by atoms with E-state index in [9.17, 15) is 13.2 Å². The number of sulfonamides is 1. The first-order valence-corrected chi connectivity index (χ1v) is 10.9. The molecule has 0 saturated carbocycles. The van der Waals surface area contributed by atoms with Crippen LogP contribution in [0.3, 0.4) is 0 Å². The number of nitrogens with zero attached hydrogens (tertiary/aromatic N) is 1. The Kier molecular flexibility index (Phi) is 6.27. The first-order valence-electron chi connectivity index (χ1n) is 9.08. The highest BCUT2D eigenvalue weighted by atomic mass is 35.5. The molecule has 1 aliphatic rings. The molecule has 0 aromatic heterocycles. The number of anilines is 1. The molecule has 150 valence electrons. The summed E-state index contributed by atoms with van der Waals surface area (Å²) in [4.78, 5) is 13.0. The largest absolute Gasteiger partial charge is 0.496 e. The summed E-state index contributed by atoms with van der Waals surface area (Å²) in [6.07, 6.45) is 2.72. The van der Waals surface area contributed by atoms with Crippen molar-refractivity contribution in [1.82, 2.24) is 4.31 Å². The number of hydrogen-bond acceptors (Lipinski definition) is 4. The number of hydrogen-bond donors (Lipinski definition) is 1. The van der Waals surface area contributed by atoms with Crippen LogP contribution in [0.5, 0.6) is 5.75 Å². The Morgan fingerprint density at radius 1 is 1.11 bits per heavy atom. The lowest BCUT2D eigenvalue weighted by atomic mass is 10.1. The third-order valence-electron chi connectivity index (χ3n) is 4.82. The fraction of sp³-hybridized carbons (Fsp3) is 0.350. The van der Waals surface area contributed by atoms with E-state index < -0.39 is 15.9 Å². The summed E-state index contributed by atoms with van der Waals surface area (Å²) in [5, 5.41) is 3.28. The number of halogens is 1. The number of rotatable bonds is 5. The van der Waals surface area contributed by atoms with E-state index in [4.69, 9.17) is 16.3 Å². The highest BCUT2D eigenvalue weighted by Crippen LogP contribution is 2.28. The average Bonchev–Trinajstić information content (AvgIpc) is 2.70. The van der Waals surface area contributed by atoms with E-state index in [1.54, 1.807) is 18.2 Å². The van der Waals surface area contributed by atoms with Gasteiger partial charge in [-0.3, -0.25) is 4.79 Å². The summed E-state index contributed by atoms with van der Waals surface area (Å²) < 4.78 is 32.7. The van der Waals surface area contributed by atoms with Crippen LogP contribution in [-0.4, -0.2) is 38.8 Å². The molecule has 0 atom stereocenters. The van der Waals surface area contributed by atoms with Crippen LogP contribution in [-0.2, 0) is 10.0 Å². The predicted molar refractivity (Wildman–Crippen MR) is 110 cm³/mol. The SMILES string of the molecule is COc1ccc(S(=O)(=O)N2CCCCC2)cc1C(=O)Nc1cc(Cl)ccc1C. The lowest BCUT2D eigenvalue weighted by Gasteiger charge is -2.26. The molecule has 0 unspecified atom stereocenters.